The molecule has 4 nitrogen and oxygen atoms in total. The van der Waals surface area contributed by atoms with Crippen molar-refractivity contribution in [2.24, 2.45) is 5.73 Å². The summed E-state index contributed by atoms with van der Waals surface area (Å²) >= 11 is 2.02. The van der Waals surface area contributed by atoms with Gasteiger partial charge in [-0.1, -0.05) is 0 Å². The van der Waals surface area contributed by atoms with Crippen molar-refractivity contribution < 1.29 is 0 Å². The first-order valence-corrected chi connectivity index (χ1v) is 6.78. The van der Waals surface area contributed by atoms with Gasteiger partial charge in [-0.2, -0.15) is 11.8 Å². The lowest BCUT2D eigenvalue weighted by molar-refractivity contribution is 0.437. The van der Waals surface area contributed by atoms with Crippen LogP contribution in [0, 0.1) is 0 Å². The summed E-state index contributed by atoms with van der Waals surface area (Å²) < 4.78 is 2.27. The van der Waals surface area contributed by atoms with Crippen molar-refractivity contribution in [3.05, 3.63) is 11.6 Å². The van der Waals surface area contributed by atoms with Crippen molar-refractivity contribution in [3.63, 3.8) is 0 Å². The zero-order chi connectivity index (χ0) is 10.3. The Balaban J connectivity index is 1.95. The summed E-state index contributed by atoms with van der Waals surface area (Å²) in [7, 11) is 0. The second kappa shape index (κ2) is 3.79. The van der Waals surface area contributed by atoms with E-state index in [1.54, 1.807) is 0 Å². The van der Waals surface area contributed by atoms with Gasteiger partial charge in [-0.05, 0) is 25.0 Å². The summed E-state index contributed by atoms with van der Waals surface area (Å²) in [5.74, 6) is 5.27. The van der Waals surface area contributed by atoms with Crippen LogP contribution in [0.25, 0.3) is 0 Å². The Hall–Kier alpha value is -0.550. The molecule has 0 aliphatic carbocycles. The van der Waals surface area contributed by atoms with E-state index in [1.807, 2.05) is 11.8 Å². The Morgan fingerprint density at radius 2 is 2.13 bits per heavy atom. The highest BCUT2D eigenvalue weighted by Gasteiger charge is 2.28. The normalized spacial score (nSPS) is 30.5. The number of hydrogen-bond acceptors (Lipinski definition) is 4. The molecule has 0 aromatic carbocycles. The summed E-state index contributed by atoms with van der Waals surface area (Å²) in [6.07, 6.45) is 3.47. The lowest BCUT2D eigenvalue weighted by Gasteiger charge is -2.21. The summed E-state index contributed by atoms with van der Waals surface area (Å²) in [6, 6.07) is 0.106. The van der Waals surface area contributed by atoms with Crippen molar-refractivity contribution in [3.8, 4) is 0 Å². The van der Waals surface area contributed by atoms with Gasteiger partial charge in [0.15, 0.2) is 0 Å². The second-order valence-electron chi connectivity index (χ2n) is 4.38. The second-order valence-corrected chi connectivity index (χ2v) is 5.53. The lowest BCUT2D eigenvalue weighted by atomic mass is 10.1. The first kappa shape index (κ1) is 9.66. The van der Waals surface area contributed by atoms with Crippen LogP contribution >= 0.6 is 11.8 Å². The predicted molar refractivity (Wildman–Crippen MR) is 60.9 cm³/mol. The molecule has 15 heavy (non-hydrogen) atoms. The third-order valence-corrected chi connectivity index (χ3v) is 4.49. The minimum atomic E-state index is 0.106. The molecule has 0 bridgehead atoms. The number of thioether (sulfide) groups is 1. The Morgan fingerprint density at radius 3 is 2.93 bits per heavy atom. The van der Waals surface area contributed by atoms with Crippen LogP contribution in [-0.2, 0) is 6.54 Å². The molecule has 0 amide bonds. The maximum Gasteiger partial charge on any atom is 0.149 e. The average Bonchev–Trinajstić information content (AvgIpc) is 2.85. The molecule has 2 N–H and O–H groups in total. The third kappa shape index (κ3) is 1.58. The van der Waals surface area contributed by atoms with E-state index in [-0.39, 0.29) is 6.04 Å². The van der Waals surface area contributed by atoms with E-state index in [4.69, 9.17) is 5.73 Å². The summed E-state index contributed by atoms with van der Waals surface area (Å²) in [5.41, 5.74) is 6.03. The van der Waals surface area contributed by atoms with Crippen molar-refractivity contribution in [1.82, 2.24) is 14.8 Å². The molecular weight excluding hydrogens is 208 g/mol. The number of fused-ring (bicyclic) bond motifs is 1. The topological polar surface area (TPSA) is 56.7 Å². The molecule has 1 saturated heterocycles. The number of nitrogens with zero attached hydrogens (tertiary/aromatic N) is 3. The summed E-state index contributed by atoms with van der Waals surface area (Å²) in [6.45, 7) is 1.06. The monoisotopic (exact) mass is 224 g/mol. The minimum absolute atomic E-state index is 0.106. The van der Waals surface area contributed by atoms with E-state index >= 15 is 0 Å². The van der Waals surface area contributed by atoms with Gasteiger partial charge in [0, 0.05) is 18.2 Å². The molecule has 0 radical (unpaired) electrons. The molecule has 2 unspecified atom stereocenters. The van der Waals surface area contributed by atoms with Gasteiger partial charge in [0.05, 0.1) is 6.04 Å². The Bertz CT molecular complexity index is 356. The number of hydrogen-bond donors (Lipinski definition) is 1. The fourth-order valence-electron chi connectivity index (χ4n) is 2.47. The average molecular weight is 224 g/mol. The zero-order valence-corrected chi connectivity index (χ0v) is 9.54. The van der Waals surface area contributed by atoms with Crippen LogP contribution < -0.4 is 5.73 Å². The largest absolute Gasteiger partial charge is 0.321 e. The zero-order valence-electron chi connectivity index (χ0n) is 8.72. The predicted octanol–water partition coefficient (Wildman–Crippen LogP) is 1.29. The molecule has 1 aromatic rings. The smallest absolute Gasteiger partial charge is 0.149 e. The molecule has 2 aliphatic heterocycles. The number of nitrogens with two attached hydrogens (primary N) is 1. The highest BCUT2D eigenvalue weighted by Crippen LogP contribution is 2.33. The lowest BCUT2D eigenvalue weighted by Crippen LogP contribution is -2.24. The van der Waals surface area contributed by atoms with E-state index in [0.29, 0.717) is 5.92 Å². The van der Waals surface area contributed by atoms with Gasteiger partial charge in [-0.3, -0.25) is 0 Å². The molecule has 2 aliphatic rings. The van der Waals surface area contributed by atoms with E-state index in [2.05, 4.69) is 14.8 Å². The van der Waals surface area contributed by atoms with E-state index in [0.717, 1.165) is 18.8 Å². The molecule has 5 heteroatoms. The Labute approximate surface area is 93.6 Å². The van der Waals surface area contributed by atoms with Crippen LogP contribution in [0.15, 0.2) is 0 Å². The molecular formula is C10H16N4S. The van der Waals surface area contributed by atoms with E-state index < -0.39 is 0 Å². The molecule has 2 atom stereocenters. The number of rotatable bonds is 1. The highest BCUT2D eigenvalue weighted by atomic mass is 32.2. The van der Waals surface area contributed by atoms with Crippen molar-refractivity contribution in [2.75, 3.05) is 11.5 Å². The van der Waals surface area contributed by atoms with Gasteiger partial charge < -0.3 is 10.3 Å². The third-order valence-electron chi connectivity index (χ3n) is 3.33. The van der Waals surface area contributed by atoms with Gasteiger partial charge in [-0.25, -0.2) is 0 Å². The molecule has 1 aromatic heterocycles. The van der Waals surface area contributed by atoms with Gasteiger partial charge >= 0.3 is 0 Å². The summed E-state index contributed by atoms with van der Waals surface area (Å²) in [4.78, 5) is 0. The molecule has 0 saturated carbocycles. The van der Waals surface area contributed by atoms with Crippen molar-refractivity contribution >= 4 is 11.8 Å². The van der Waals surface area contributed by atoms with Gasteiger partial charge in [0.2, 0.25) is 0 Å². The first-order chi connectivity index (χ1) is 7.36. The maximum absolute atomic E-state index is 6.03. The molecule has 3 rings (SSSR count). The first-order valence-electron chi connectivity index (χ1n) is 5.62. The van der Waals surface area contributed by atoms with Crippen molar-refractivity contribution in [1.29, 1.82) is 0 Å². The Morgan fingerprint density at radius 1 is 1.27 bits per heavy atom. The minimum Gasteiger partial charge on any atom is -0.321 e. The van der Waals surface area contributed by atoms with E-state index in [1.165, 1.54) is 30.2 Å². The molecule has 82 valence electrons. The molecule has 0 spiro atoms. The van der Waals surface area contributed by atoms with Crippen LogP contribution in [0.3, 0.4) is 0 Å². The fraction of sp³-hybridized carbons (Fsp3) is 0.800. The van der Waals surface area contributed by atoms with Crippen LogP contribution in [0.1, 0.15) is 42.9 Å². The Kier molecular flexibility index (Phi) is 2.44. The van der Waals surface area contributed by atoms with Gasteiger partial charge in [0.1, 0.15) is 11.6 Å². The standard InChI is InChI=1S/C10H16N4S/c11-8-2-1-4-14-9(12-13-10(8)14)7-3-5-15-6-7/h7-8H,1-6,11H2. The van der Waals surface area contributed by atoms with Gasteiger partial charge in [-0.15, -0.1) is 10.2 Å². The fourth-order valence-corrected chi connectivity index (χ4v) is 3.69. The highest BCUT2D eigenvalue weighted by molar-refractivity contribution is 7.99. The molecule has 3 heterocycles. The van der Waals surface area contributed by atoms with Crippen LogP contribution in [-0.4, -0.2) is 26.3 Å². The maximum atomic E-state index is 6.03. The SMILES string of the molecule is NC1CCCn2c1nnc2C1CCSC1. The quantitative estimate of drug-likeness (QED) is 0.781. The van der Waals surface area contributed by atoms with Crippen LogP contribution in [0.2, 0.25) is 0 Å². The van der Waals surface area contributed by atoms with Crippen molar-refractivity contribution in [2.45, 2.75) is 37.8 Å². The van der Waals surface area contributed by atoms with Crippen LogP contribution in [0.5, 0.6) is 0 Å². The van der Waals surface area contributed by atoms with Gasteiger partial charge in [0.25, 0.3) is 0 Å². The summed E-state index contributed by atoms with van der Waals surface area (Å²) in [5, 5.41) is 8.61. The van der Waals surface area contributed by atoms with Crippen LogP contribution in [0.4, 0.5) is 0 Å². The van der Waals surface area contributed by atoms with E-state index in [9.17, 15) is 0 Å². The number of aromatic nitrogens is 3. The molecule has 1 fully saturated rings.